The Morgan fingerprint density at radius 3 is 2.22 bits per heavy atom. The Hall–Kier alpha value is -1.31. The van der Waals surface area contributed by atoms with Crippen LogP contribution < -0.4 is 5.32 Å². The lowest BCUT2D eigenvalue weighted by Crippen LogP contribution is -2.34. The summed E-state index contributed by atoms with van der Waals surface area (Å²) in [6.07, 6.45) is 2.51. The molecule has 0 unspecified atom stereocenters. The van der Waals surface area contributed by atoms with Gasteiger partial charge in [0, 0.05) is 11.6 Å². The first-order valence-corrected chi connectivity index (χ1v) is 6.79. The number of hydrogen-bond donors (Lipinski definition) is 1. The largest absolute Gasteiger partial charge is 0.349 e. The van der Waals surface area contributed by atoms with E-state index < -0.39 is 0 Å². The minimum Gasteiger partial charge on any atom is -0.349 e. The first kappa shape index (κ1) is 13.1. The van der Waals surface area contributed by atoms with Crippen molar-refractivity contribution in [2.45, 2.75) is 52.0 Å². The zero-order valence-electron chi connectivity index (χ0n) is 11.8. The number of benzene rings is 1. The summed E-state index contributed by atoms with van der Waals surface area (Å²) in [5.74, 6) is 0.748. The molecule has 0 spiro atoms. The molecule has 98 valence electrons. The quantitative estimate of drug-likeness (QED) is 0.867. The van der Waals surface area contributed by atoms with E-state index in [1.54, 1.807) is 0 Å². The molecule has 1 amide bonds. The third kappa shape index (κ3) is 3.12. The molecule has 18 heavy (non-hydrogen) atoms. The number of hydrogen-bond acceptors (Lipinski definition) is 1. The standard InChI is InChI=1S/C16H23NO/c1-11(12-5-6-12)17-15(18)13-7-9-14(10-8-13)16(2,3)4/h7-12H,5-6H2,1-4H3,(H,17,18)/t11-/m1/s1. The molecule has 0 radical (unpaired) electrons. The van der Waals surface area contributed by atoms with Crippen LogP contribution >= 0.6 is 0 Å². The van der Waals surface area contributed by atoms with Crippen LogP contribution in [0.2, 0.25) is 0 Å². The van der Waals surface area contributed by atoms with Gasteiger partial charge in [0.25, 0.3) is 5.91 Å². The SMILES string of the molecule is C[C@@H](NC(=O)c1ccc(C(C)(C)C)cc1)C1CC1. The Kier molecular flexibility index (Phi) is 3.47. The van der Waals surface area contributed by atoms with Gasteiger partial charge in [-0.15, -0.1) is 0 Å². The molecular weight excluding hydrogens is 222 g/mol. The van der Waals surface area contributed by atoms with E-state index in [2.05, 4.69) is 45.1 Å². The van der Waals surface area contributed by atoms with Crippen molar-refractivity contribution in [2.75, 3.05) is 0 Å². The summed E-state index contributed by atoms with van der Waals surface area (Å²) in [5, 5.41) is 3.08. The maximum atomic E-state index is 12.0. The maximum absolute atomic E-state index is 12.0. The van der Waals surface area contributed by atoms with Gasteiger partial charge >= 0.3 is 0 Å². The molecule has 2 heteroatoms. The van der Waals surface area contributed by atoms with Crippen LogP contribution in [-0.4, -0.2) is 11.9 Å². The molecule has 1 aromatic rings. The molecule has 0 aromatic heterocycles. The molecule has 0 heterocycles. The van der Waals surface area contributed by atoms with E-state index in [0.29, 0.717) is 12.0 Å². The Morgan fingerprint density at radius 2 is 1.78 bits per heavy atom. The third-order valence-corrected chi connectivity index (χ3v) is 3.70. The van der Waals surface area contributed by atoms with E-state index in [9.17, 15) is 4.79 Å². The van der Waals surface area contributed by atoms with Gasteiger partial charge in [0.05, 0.1) is 0 Å². The fourth-order valence-electron chi connectivity index (χ4n) is 2.13. The fourth-order valence-corrected chi connectivity index (χ4v) is 2.13. The Balaban J connectivity index is 2.02. The normalized spacial score (nSPS) is 17.3. The van der Waals surface area contributed by atoms with Gasteiger partial charge in [0.2, 0.25) is 0 Å². The van der Waals surface area contributed by atoms with E-state index in [1.807, 2.05) is 12.1 Å². The van der Waals surface area contributed by atoms with Gasteiger partial charge in [-0.05, 0) is 48.8 Å². The van der Waals surface area contributed by atoms with E-state index in [4.69, 9.17) is 0 Å². The molecule has 1 aliphatic rings. The lowest BCUT2D eigenvalue weighted by molar-refractivity contribution is 0.0936. The van der Waals surface area contributed by atoms with Crippen LogP contribution in [-0.2, 0) is 5.41 Å². The van der Waals surface area contributed by atoms with Crippen LogP contribution in [0.15, 0.2) is 24.3 Å². The molecule has 1 aromatic carbocycles. The van der Waals surface area contributed by atoms with Crippen molar-refractivity contribution >= 4 is 5.91 Å². The van der Waals surface area contributed by atoms with Crippen molar-refractivity contribution in [2.24, 2.45) is 5.92 Å². The summed E-state index contributed by atoms with van der Waals surface area (Å²) in [4.78, 5) is 12.0. The average molecular weight is 245 g/mol. The average Bonchev–Trinajstić information content (AvgIpc) is 3.11. The zero-order valence-corrected chi connectivity index (χ0v) is 11.8. The predicted octanol–water partition coefficient (Wildman–Crippen LogP) is 3.51. The van der Waals surface area contributed by atoms with Gasteiger partial charge in [-0.25, -0.2) is 0 Å². The summed E-state index contributed by atoms with van der Waals surface area (Å²) in [5.41, 5.74) is 2.15. The summed E-state index contributed by atoms with van der Waals surface area (Å²) >= 11 is 0. The molecule has 1 aliphatic carbocycles. The topological polar surface area (TPSA) is 29.1 Å². The van der Waals surface area contributed by atoms with Crippen molar-refractivity contribution in [1.29, 1.82) is 0 Å². The summed E-state index contributed by atoms with van der Waals surface area (Å²) in [6.45, 7) is 8.63. The highest BCUT2D eigenvalue weighted by molar-refractivity contribution is 5.94. The summed E-state index contributed by atoms with van der Waals surface area (Å²) < 4.78 is 0. The third-order valence-electron chi connectivity index (χ3n) is 3.70. The van der Waals surface area contributed by atoms with Crippen LogP contribution in [0, 0.1) is 5.92 Å². The van der Waals surface area contributed by atoms with E-state index in [1.165, 1.54) is 18.4 Å². The van der Waals surface area contributed by atoms with Crippen LogP contribution in [0.3, 0.4) is 0 Å². The van der Waals surface area contributed by atoms with Crippen LogP contribution in [0.25, 0.3) is 0 Å². The summed E-state index contributed by atoms with van der Waals surface area (Å²) in [6, 6.07) is 8.26. The minimum absolute atomic E-state index is 0.0508. The smallest absolute Gasteiger partial charge is 0.251 e. The lowest BCUT2D eigenvalue weighted by atomic mass is 9.86. The second-order valence-corrected chi connectivity index (χ2v) is 6.43. The van der Waals surface area contributed by atoms with Gasteiger partial charge in [-0.3, -0.25) is 4.79 Å². The van der Waals surface area contributed by atoms with Gasteiger partial charge in [-0.2, -0.15) is 0 Å². The Labute approximate surface area is 110 Å². The number of nitrogens with one attached hydrogen (secondary N) is 1. The first-order valence-electron chi connectivity index (χ1n) is 6.79. The molecule has 1 saturated carbocycles. The number of amides is 1. The van der Waals surface area contributed by atoms with Crippen molar-refractivity contribution in [1.82, 2.24) is 5.32 Å². The van der Waals surface area contributed by atoms with Crippen molar-refractivity contribution in [3.05, 3.63) is 35.4 Å². The van der Waals surface area contributed by atoms with Crippen LogP contribution in [0.1, 0.15) is 56.5 Å². The molecule has 1 N–H and O–H groups in total. The summed E-state index contributed by atoms with van der Waals surface area (Å²) in [7, 11) is 0. The van der Waals surface area contributed by atoms with Gasteiger partial charge < -0.3 is 5.32 Å². The maximum Gasteiger partial charge on any atom is 0.251 e. The van der Waals surface area contributed by atoms with E-state index >= 15 is 0 Å². The highest BCUT2D eigenvalue weighted by atomic mass is 16.1. The van der Waals surface area contributed by atoms with Crippen LogP contribution in [0.5, 0.6) is 0 Å². The molecule has 1 atom stereocenters. The number of carbonyl (C=O) groups is 1. The fraction of sp³-hybridized carbons (Fsp3) is 0.562. The highest BCUT2D eigenvalue weighted by Gasteiger charge is 2.29. The zero-order chi connectivity index (χ0) is 13.3. The molecule has 2 rings (SSSR count). The highest BCUT2D eigenvalue weighted by Crippen LogP contribution is 2.32. The van der Waals surface area contributed by atoms with E-state index in [-0.39, 0.29) is 11.3 Å². The van der Waals surface area contributed by atoms with E-state index in [0.717, 1.165) is 5.56 Å². The van der Waals surface area contributed by atoms with Crippen molar-refractivity contribution in [3.8, 4) is 0 Å². The Bertz CT molecular complexity index is 423. The number of carbonyl (C=O) groups excluding carboxylic acids is 1. The first-order chi connectivity index (χ1) is 8.38. The Morgan fingerprint density at radius 1 is 1.22 bits per heavy atom. The van der Waals surface area contributed by atoms with Gasteiger partial charge in [0.1, 0.15) is 0 Å². The predicted molar refractivity (Wildman–Crippen MR) is 74.8 cm³/mol. The molecule has 0 saturated heterocycles. The van der Waals surface area contributed by atoms with Gasteiger partial charge in [0.15, 0.2) is 0 Å². The molecule has 0 bridgehead atoms. The second-order valence-electron chi connectivity index (χ2n) is 6.43. The van der Waals surface area contributed by atoms with Crippen molar-refractivity contribution in [3.63, 3.8) is 0 Å². The number of rotatable bonds is 3. The molecule has 2 nitrogen and oxygen atoms in total. The molecule has 1 fully saturated rings. The second kappa shape index (κ2) is 4.75. The monoisotopic (exact) mass is 245 g/mol. The van der Waals surface area contributed by atoms with Crippen molar-refractivity contribution < 1.29 is 4.79 Å². The molecule has 0 aliphatic heterocycles. The molecular formula is C16H23NO. The minimum atomic E-state index is 0.0508. The van der Waals surface area contributed by atoms with Gasteiger partial charge in [-0.1, -0.05) is 32.9 Å². The van der Waals surface area contributed by atoms with Crippen LogP contribution in [0.4, 0.5) is 0 Å². The lowest BCUT2D eigenvalue weighted by Gasteiger charge is -2.19.